The van der Waals surface area contributed by atoms with Crippen LogP contribution in [0.15, 0.2) is 30.5 Å². The van der Waals surface area contributed by atoms with E-state index in [1.807, 2.05) is 0 Å². The third-order valence-electron chi connectivity index (χ3n) is 2.57. The highest BCUT2D eigenvalue weighted by molar-refractivity contribution is 5.77. The minimum absolute atomic E-state index is 0.118. The van der Waals surface area contributed by atoms with Gasteiger partial charge in [-0.15, -0.1) is 0 Å². The molecule has 0 saturated heterocycles. The average molecular weight is 232 g/mol. The Hall–Kier alpha value is -2.30. The van der Waals surface area contributed by atoms with Crippen molar-refractivity contribution in [2.75, 3.05) is 0 Å². The number of carbonyl (C=O) groups is 1. The van der Waals surface area contributed by atoms with E-state index in [9.17, 15) is 9.90 Å². The molecule has 5 heteroatoms. The lowest BCUT2D eigenvalue weighted by Crippen LogP contribution is -2.07. The molecule has 0 aliphatic carbocycles. The molecule has 0 spiro atoms. The van der Waals surface area contributed by atoms with Crippen molar-refractivity contribution in [1.29, 1.82) is 0 Å². The molecule has 17 heavy (non-hydrogen) atoms. The molecule has 0 bridgehead atoms. The Morgan fingerprint density at radius 1 is 1.35 bits per heavy atom. The number of para-hydroxylation sites is 1. The monoisotopic (exact) mass is 232 g/mol. The maximum absolute atomic E-state index is 10.8. The number of hydrogen-bond donors (Lipinski definition) is 2. The van der Waals surface area contributed by atoms with Crippen LogP contribution in [0.4, 0.5) is 0 Å². The molecule has 0 unspecified atom stereocenters. The van der Waals surface area contributed by atoms with E-state index >= 15 is 0 Å². The van der Waals surface area contributed by atoms with Gasteiger partial charge in [-0.3, -0.25) is 9.48 Å². The van der Waals surface area contributed by atoms with Crippen LogP contribution in [0.5, 0.6) is 5.75 Å². The molecular weight excluding hydrogens is 220 g/mol. The largest absolute Gasteiger partial charge is 0.507 e. The van der Waals surface area contributed by atoms with Crippen molar-refractivity contribution in [1.82, 2.24) is 9.78 Å². The summed E-state index contributed by atoms with van der Waals surface area (Å²) in [6.45, 7) is 0. The highest BCUT2D eigenvalue weighted by Crippen LogP contribution is 2.31. The summed E-state index contributed by atoms with van der Waals surface area (Å²) in [4.78, 5) is 10.8. The van der Waals surface area contributed by atoms with Crippen molar-refractivity contribution in [2.24, 2.45) is 7.05 Å². The zero-order chi connectivity index (χ0) is 12.4. The minimum atomic E-state index is -0.926. The summed E-state index contributed by atoms with van der Waals surface area (Å²) in [6.07, 6.45) is 1.44. The summed E-state index contributed by atoms with van der Waals surface area (Å²) in [5.41, 5.74) is 1.81. The predicted octanol–water partition coefficient (Wildman–Crippen LogP) is 1.42. The predicted molar refractivity (Wildman–Crippen MR) is 61.6 cm³/mol. The Balaban J connectivity index is 2.53. The SMILES string of the molecule is Cn1ncc(-c2ccccc2O)c1CC(=O)O. The van der Waals surface area contributed by atoms with Crippen LogP contribution in [-0.4, -0.2) is 26.0 Å². The molecule has 0 fully saturated rings. The number of carboxylic acids is 1. The molecule has 1 aromatic carbocycles. The first kappa shape index (κ1) is 11.2. The zero-order valence-corrected chi connectivity index (χ0v) is 9.29. The number of nitrogens with zero attached hydrogens (tertiary/aromatic N) is 2. The fraction of sp³-hybridized carbons (Fsp3) is 0.167. The van der Waals surface area contributed by atoms with Crippen LogP contribution in [-0.2, 0) is 18.3 Å². The molecule has 0 atom stereocenters. The molecule has 2 rings (SSSR count). The Bertz CT molecular complexity index is 561. The average Bonchev–Trinajstić information content (AvgIpc) is 2.61. The standard InChI is InChI=1S/C12H12N2O3/c1-14-10(6-12(16)17)9(7-13-14)8-4-2-3-5-11(8)15/h2-5,7,15H,6H2,1H3,(H,16,17). The van der Waals surface area contributed by atoms with Crippen molar-refractivity contribution >= 4 is 5.97 Å². The van der Waals surface area contributed by atoms with Gasteiger partial charge in [0.1, 0.15) is 5.75 Å². The van der Waals surface area contributed by atoms with Crippen LogP contribution in [0.25, 0.3) is 11.1 Å². The summed E-state index contributed by atoms with van der Waals surface area (Å²) in [7, 11) is 1.68. The fourth-order valence-corrected chi connectivity index (χ4v) is 1.74. The third-order valence-corrected chi connectivity index (χ3v) is 2.57. The number of carboxylic acid groups (broad SMARTS) is 1. The van der Waals surface area contributed by atoms with E-state index in [1.165, 1.54) is 4.68 Å². The maximum atomic E-state index is 10.8. The lowest BCUT2D eigenvalue weighted by Gasteiger charge is -2.05. The number of aromatic nitrogens is 2. The third kappa shape index (κ3) is 2.13. The Morgan fingerprint density at radius 3 is 2.71 bits per heavy atom. The second-order valence-corrected chi connectivity index (χ2v) is 3.72. The van der Waals surface area contributed by atoms with Crippen LogP contribution in [0.1, 0.15) is 5.69 Å². The lowest BCUT2D eigenvalue weighted by atomic mass is 10.0. The van der Waals surface area contributed by atoms with E-state index in [1.54, 1.807) is 37.5 Å². The molecule has 0 radical (unpaired) electrons. The van der Waals surface area contributed by atoms with Gasteiger partial charge in [-0.1, -0.05) is 18.2 Å². The summed E-state index contributed by atoms with van der Waals surface area (Å²) < 4.78 is 1.51. The molecule has 2 aromatic rings. The van der Waals surface area contributed by atoms with Crippen molar-refractivity contribution in [3.8, 4) is 16.9 Å². The quantitative estimate of drug-likeness (QED) is 0.839. The van der Waals surface area contributed by atoms with Crippen molar-refractivity contribution in [3.63, 3.8) is 0 Å². The first-order valence-electron chi connectivity index (χ1n) is 5.10. The molecule has 2 N–H and O–H groups in total. The highest BCUT2D eigenvalue weighted by atomic mass is 16.4. The van der Waals surface area contributed by atoms with E-state index in [0.717, 1.165) is 0 Å². The van der Waals surface area contributed by atoms with E-state index in [0.29, 0.717) is 16.8 Å². The number of aliphatic carboxylic acids is 1. The number of hydrogen-bond acceptors (Lipinski definition) is 3. The Morgan fingerprint density at radius 2 is 2.06 bits per heavy atom. The number of benzene rings is 1. The van der Waals surface area contributed by atoms with Crippen LogP contribution in [0.2, 0.25) is 0 Å². The lowest BCUT2D eigenvalue weighted by molar-refractivity contribution is -0.136. The van der Waals surface area contributed by atoms with E-state index in [-0.39, 0.29) is 12.2 Å². The molecule has 1 heterocycles. The molecule has 0 aliphatic heterocycles. The molecule has 88 valence electrons. The second-order valence-electron chi connectivity index (χ2n) is 3.72. The normalized spacial score (nSPS) is 10.4. The number of aromatic hydroxyl groups is 1. The second kappa shape index (κ2) is 4.29. The van der Waals surface area contributed by atoms with Gasteiger partial charge in [0.15, 0.2) is 0 Å². The molecule has 0 amide bonds. The molecular formula is C12H12N2O3. The van der Waals surface area contributed by atoms with Crippen LogP contribution < -0.4 is 0 Å². The number of rotatable bonds is 3. The summed E-state index contributed by atoms with van der Waals surface area (Å²) in [5.74, 6) is -0.808. The van der Waals surface area contributed by atoms with Gasteiger partial charge < -0.3 is 10.2 Å². The van der Waals surface area contributed by atoms with Crippen molar-refractivity contribution in [2.45, 2.75) is 6.42 Å². The molecule has 5 nitrogen and oxygen atoms in total. The van der Waals surface area contributed by atoms with Crippen molar-refractivity contribution < 1.29 is 15.0 Å². The summed E-state index contributed by atoms with van der Waals surface area (Å²) >= 11 is 0. The minimum Gasteiger partial charge on any atom is -0.507 e. The summed E-state index contributed by atoms with van der Waals surface area (Å²) in [6, 6.07) is 6.79. The maximum Gasteiger partial charge on any atom is 0.309 e. The van der Waals surface area contributed by atoms with Gasteiger partial charge in [0.2, 0.25) is 0 Å². The smallest absolute Gasteiger partial charge is 0.309 e. The van der Waals surface area contributed by atoms with Crippen molar-refractivity contribution in [3.05, 3.63) is 36.2 Å². The van der Waals surface area contributed by atoms with Crippen LogP contribution in [0.3, 0.4) is 0 Å². The van der Waals surface area contributed by atoms with E-state index < -0.39 is 5.97 Å². The van der Waals surface area contributed by atoms with Crippen LogP contribution >= 0.6 is 0 Å². The zero-order valence-electron chi connectivity index (χ0n) is 9.29. The van der Waals surface area contributed by atoms with E-state index in [2.05, 4.69) is 5.10 Å². The van der Waals surface area contributed by atoms with Gasteiger partial charge in [0, 0.05) is 18.2 Å². The number of phenols is 1. The first-order chi connectivity index (χ1) is 8.09. The highest BCUT2D eigenvalue weighted by Gasteiger charge is 2.15. The fourth-order valence-electron chi connectivity index (χ4n) is 1.74. The van der Waals surface area contributed by atoms with Gasteiger partial charge in [-0.25, -0.2) is 0 Å². The van der Waals surface area contributed by atoms with Gasteiger partial charge in [-0.2, -0.15) is 5.10 Å². The van der Waals surface area contributed by atoms with Gasteiger partial charge in [0.25, 0.3) is 0 Å². The van der Waals surface area contributed by atoms with E-state index in [4.69, 9.17) is 5.11 Å². The number of aryl methyl sites for hydroxylation is 1. The molecule has 1 aromatic heterocycles. The topological polar surface area (TPSA) is 75.3 Å². The van der Waals surface area contributed by atoms with Gasteiger partial charge in [0.05, 0.1) is 18.3 Å². The van der Waals surface area contributed by atoms with Gasteiger partial charge in [-0.05, 0) is 6.07 Å². The summed E-state index contributed by atoms with van der Waals surface area (Å²) in [5, 5.41) is 22.6. The Kier molecular flexibility index (Phi) is 2.82. The molecule has 0 saturated carbocycles. The Labute approximate surface area is 97.9 Å². The molecule has 0 aliphatic rings. The first-order valence-corrected chi connectivity index (χ1v) is 5.10. The van der Waals surface area contributed by atoms with Crippen LogP contribution in [0, 0.1) is 0 Å². The number of phenolic OH excluding ortho intramolecular Hbond substituents is 1. The van der Waals surface area contributed by atoms with Gasteiger partial charge >= 0.3 is 5.97 Å².